The topological polar surface area (TPSA) is 39.2 Å². The molecule has 0 fully saturated rings. The normalized spacial score (nSPS) is 11.3. The van der Waals surface area contributed by atoms with Crippen LogP contribution in [-0.4, -0.2) is 18.1 Å². The lowest BCUT2D eigenvalue weighted by Gasteiger charge is -2.12. The summed E-state index contributed by atoms with van der Waals surface area (Å²) < 4.78 is 17.9. The molecule has 6 heteroatoms. The van der Waals surface area contributed by atoms with Crippen LogP contribution in [0.3, 0.4) is 0 Å². The van der Waals surface area contributed by atoms with Gasteiger partial charge in [-0.1, -0.05) is 37.0 Å². The molecule has 1 atom stereocenters. The van der Waals surface area contributed by atoms with E-state index in [0.717, 1.165) is 0 Å². The Balaban J connectivity index is 0.00000127. The van der Waals surface area contributed by atoms with Crippen LogP contribution in [-0.2, 0) is 9.53 Å². The first-order valence-electron chi connectivity index (χ1n) is 7.13. The minimum absolute atomic E-state index is 0.00292. The average molecular weight is 358 g/mol. The SMILES string of the molecule is CC.COC(=O)C(C)c1cc(Cl)nc(-c2ccc(F)c(Cl)c2)c1. The fraction of sp³-hybridized carbons (Fsp3) is 0.294. The van der Waals surface area contributed by atoms with Crippen molar-refractivity contribution in [3.8, 4) is 11.3 Å². The van der Waals surface area contributed by atoms with E-state index in [9.17, 15) is 9.18 Å². The molecule has 0 bridgehead atoms. The van der Waals surface area contributed by atoms with E-state index in [4.69, 9.17) is 27.9 Å². The van der Waals surface area contributed by atoms with Gasteiger partial charge in [0.25, 0.3) is 0 Å². The Morgan fingerprint density at radius 1 is 1.22 bits per heavy atom. The highest BCUT2D eigenvalue weighted by molar-refractivity contribution is 6.31. The third kappa shape index (κ3) is 4.91. The first kappa shape index (κ1) is 19.4. The molecule has 0 aliphatic heterocycles. The van der Waals surface area contributed by atoms with E-state index in [2.05, 4.69) is 4.98 Å². The van der Waals surface area contributed by atoms with Crippen LogP contribution in [0, 0.1) is 5.82 Å². The lowest BCUT2D eigenvalue weighted by Crippen LogP contribution is -2.11. The minimum Gasteiger partial charge on any atom is -0.469 e. The van der Waals surface area contributed by atoms with Crippen molar-refractivity contribution in [2.45, 2.75) is 26.7 Å². The van der Waals surface area contributed by atoms with Crippen molar-refractivity contribution in [2.24, 2.45) is 0 Å². The molecule has 0 radical (unpaired) electrons. The first-order chi connectivity index (χ1) is 10.9. The number of hydrogen-bond donors (Lipinski definition) is 0. The summed E-state index contributed by atoms with van der Waals surface area (Å²) in [4.78, 5) is 15.8. The maximum absolute atomic E-state index is 13.2. The Labute approximate surface area is 145 Å². The molecule has 0 aliphatic carbocycles. The number of halogens is 3. The van der Waals surface area contributed by atoms with E-state index in [1.807, 2.05) is 13.8 Å². The third-order valence-electron chi connectivity index (χ3n) is 3.09. The van der Waals surface area contributed by atoms with Gasteiger partial charge >= 0.3 is 5.97 Å². The van der Waals surface area contributed by atoms with Crippen molar-refractivity contribution in [1.29, 1.82) is 0 Å². The van der Waals surface area contributed by atoms with Gasteiger partial charge in [0, 0.05) is 5.56 Å². The molecule has 2 aromatic rings. The summed E-state index contributed by atoms with van der Waals surface area (Å²) in [6.07, 6.45) is 0. The van der Waals surface area contributed by atoms with Crippen LogP contribution in [0.5, 0.6) is 0 Å². The Bertz CT molecular complexity index is 692. The van der Waals surface area contributed by atoms with Gasteiger partial charge in [0.1, 0.15) is 11.0 Å². The number of benzene rings is 1. The largest absolute Gasteiger partial charge is 0.469 e. The molecule has 1 unspecified atom stereocenters. The van der Waals surface area contributed by atoms with Gasteiger partial charge in [-0.05, 0) is 42.8 Å². The highest BCUT2D eigenvalue weighted by atomic mass is 35.5. The molecule has 3 nitrogen and oxygen atoms in total. The fourth-order valence-electron chi connectivity index (χ4n) is 1.88. The van der Waals surface area contributed by atoms with E-state index < -0.39 is 11.7 Å². The van der Waals surface area contributed by atoms with Gasteiger partial charge in [-0.2, -0.15) is 0 Å². The molecule has 0 N–H and O–H groups in total. The number of carbonyl (C=O) groups is 1. The summed E-state index contributed by atoms with van der Waals surface area (Å²) in [5.41, 5.74) is 1.79. The molecule has 1 heterocycles. The highest BCUT2D eigenvalue weighted by Crippen LogP contribution is 2.28. The lowest BCUT2D eigenvalue weighted by atomic mass is 10.00. The van der Waals surface area contributed by atoms with Crippen molar-refractivity contribution >= 4 is 29.2 Å². The van der Waals surface area contributed by atoms with Crippen LogP contribution >= 0.6 is 23.2 Å². The molecule has 124 valence electrons. The minimum atomic E-state index is -0.509. The second-order valence-corrected chi connectivity index (χ2v) is 5.28. The summed E-state index contributed by atoms with van der Waals surface area (Å²) in [5.74, 6) is -1.36. The molecule has 1 aromatic carbocycles. The molecule has 0 aliphatic rings. The van der Waals surface area contributed by atoms with Crippen LogP contribution in [0.2, 0.25) is 10.2 Å². The molecular weight excluding hydrogens is 340 g/mol. The van der Waals surface area contributed by atoms with Crippen molar-refractivity contribution < 1.29 is 13.9 Å². The van der Waals surface area contributed by atoms with Gasteiger partial charge in [-0.15, -0.1) is 0 Å². The predicted molar refractivity (Wildman–Crippen MR) is 91.4 cm³/mol. The van der Waals surface area contributed by atoms with Gasteiger partial charge in [-0.3, -0.25) is 4.79 Å². The Kier molecular flexibility index (Phi) is 7.46. The molecular formula is C17H18Cl2FNO2. The summed E-state index contributed by atoms with van der Waals surface area (Å²) in [7, 11) is 1.32. The van der Waals surface area contributed by atoms with Crippen molar-refractivity contribution in [3.63, 3.8) is 0 Å². The number of esters is 1. The Morgan fingerprint density at radius 2 is 1.87 bits per heavy atom. The van der Waals surface area contributed by atoms with E-state index >= 15 is 0 Å². The molecule has 0 spiro atoms. The van der Waals surface area contributed by atoms with E-state index in [1.54, 1.807) is 25.1 Å². The molecule has 0 saturated heterocycles. The number of pyridine rings is 1. The number of methoxy groups -OCH3 is 1. The predicted octanol–water partition coefficient (Wildman–Crippen LogP) is 5.50. The monoisotopic (exact) mass is 357 g/mol. The zero-order valence-electron chi connectivity index (χ0n) is 13.4. The first-order valence-corrected chi connectivity index (χ1v) is 7.88. The van der Waals surface area contributed by atoms with Crippen LogP contribution < -0.4 is 0 Å². The van der Waals surface area contributed by atoms with Crippen molar-refractivity contribution in [2.75, 3.05) is 7.11 Å². The zero-order chi connectivity index (χ0) is 17.6. The van der Waals surface area contributed by atoms with Gasteiger partial charge in [0.2, 0.25) is 0 Å². The van der Waals surface area contributed by atoms with E-state index in [1.165, 1.54) is 19.2 Å². The molecule has 0 saturated carbocycles. The molecule has 2 rings (SSSR count). The molecule has 1 aromatic heterocycles. The fourth-order valence-corrected chi connectivity index (χ4v) is 2.28. The van der Waals surface area contributed by atoms with Crippen LogP contribution in [0.15, 0.2) is 30.3 Å². The smallest absolute Gasteiger partial charge is 0.312 e. The number of ether oxygens (including phenoxy) is 1. The second kappa shape index (κ2) is 8.85. The maximum Gasteiger partial charge on any atom is 0.312 e. The number of carbonyl (C=O) groups excluding carboxylic acids is 1. The van der Waals surface area contributed by atoms with Gasteiger partial charge in [0.05, 0.1) is 23.7 Å². The number of nitrogens with zero attached hydrogens (tertiary/aromatic N) is 1. The second-order valence-electron chi connectivity index (χ2n) is 4.48. The lowest BCUT2D eigenvalue weighted by molar-refractivity contribution is -0.141. The Hall–Kier alpha value is -1.65. The van der Waals surface area contributed by atoms with Crippen LogP contribution in [0.25, 0.3) is 11.3 Å². The van der Waals surface area contributed by atoms with Crippen LogP contribution in [0.1, 0.15) is 32.3 Å². The van der Waals surface area contributed by atoms with Gasteiger partial charge in [-0.25, -0.2) is 9.37 Å². The zero-order valence-corrected chi connectivity index (χ0v) is 14.9. The number of rotatable bonds is 3. The van der Waals surface area contributed by atoms with E-state index in [-0.39, 0.29) is 16.1 Å². The summed E-state index contributed by atoms with van der Waals surface area (Å²) >= 11 is 11.8. The van der Waals surface area contributed by atoms with E-state index in [0.29, 0.717) is 16.8 Å². The number of hydrogen-bond acceptors (Lipinski definition) is 3. The third-order valence-corrected chi connectivity index (χ3v) is 3.57. The summed E-state index contributed by atoms with van der Waals surface area (Å²) in [6, 6.07) is 7.56. The van der Waals surface area contributed by atoms with Crippen molar-refractivity contribution in [3.05, 3.63) is 51.9 Å². The highest BCUT2D eigenvalue weighted by Gasteiger charge is 2.18. The van der Waals surface area contributed by atoms with Gasteiger partial charge in [0.15, 0.2) is 0 Å². The summed E-state index contributed by atoms with van der Waals surface area (Å²) in [6.45, 7) is 5.71. The Morgan fingerprint density at radius 3 is 2.43 bits per heavy atom. The van der Waals surface area contributed by atoms with Crippen molar-refractivity contribution in [1.82, 2.24) is 4.98 Å². The average Bonchev–Trinajstić information content (AvgIpc) is 2.57. The van der Waals surface area contributed by atoms with Crippen LogP contribution in [0.4, 0.5) is 4.39 Å². The quantitative estimate of drug-likeness (QED) is 0.537. The van der Waals surface area contributed by atoms with Gasteiger partial charge < -0.3 is 4.74 Å². The molecule has 0 amide bonds. The molecule has 23 heavy (non-hydrogen) atoms. The number of aromatic nitrogens is 1. The standard InChI is InChI=1S/C15H12Cl2FNO2.C2H6/c1-8(15(20)21-2)10-6-13(19-14(17)7-10)9-3-4-12(18)11(16)5-9;1-2/h3-8H,1-2H3;1-2H3. The summed E-state index contributed by atoms with van der Waals surface area (Å²) in [5, 5.41) is 0.232. The maximum atomic E-state index is 13.2.